The second kappa shape index (κ2) is 7.40. The Morgan fingerprint density at radius 2 is 1.79 bits per heavy atom. The monoisotopic (exact) mass is 401 g/mol. The molecule has 2 aromatic carbocycles. The van der Waals surface area contributed by atoms with Crippen LogP contribution in [0.25, 0.3) is 0 Å². The Kier molecular flexibility index (Phi) is 4.79. The van der Waals surface area contributed by atoms with Gasteiger partial charge in [0.15, 0.2) is 11.5 Å². The number of hydrazine groups is 1. The molecule has 2 aliphatic heterocycles. The lowest BCUT2D eigenvalue weighted by Gasteiger charge is -2.20. The highest BCUT2D eigenvalue weighted by Gasteiger charge is 2.26. The van der Waals surface area contributed by atoms with Crippen LogP contribution in [0.15, 0.2) is 36.4 Å². The van der Waals surface area contributed by atoms with Gasteiger partial charge in [0.1, 0.15) is 0 Å². The molecule has 1 saturated heterocycles. The van der Waals surface area contributed by atoms with Crippen molar-refractivity contribution in [2.24, 2.45) is 0 Å². The fraction of sp³-hybridized carbons (Fsp3) is 0.211. The molecule has 0 saturated carbocycles. The molecule has 2 heterocycles. The predicted octanol–water partition coefficient (Wildman–Crippen LogP) is 2.27. The second-order valence-corrected chi connectivity index (χ2v) is 6.72. The highest BCUT2D eigenvalue weighted by Crippen LogP contribution is 2.32. The van der Waals surface area contributed by atoms with Crippen LogP contribution in [0.4, 0.5) is 5.69 Å². The number of rotatable bonds is 3. The summed E-state index contributed by atoms with van der Waals surface area (Å²) in [6.07, 6.45) is 1.14. The number of benzene rings is 2. The Labute approximate surface area is 165 Å². The summed E-state index contributed by atoms with van der Waals surface area (Å²) in [6, 6.07) is 9.35. The maximum atomic E-state index is 12.6. The topological polar surface area (TPSA) is 97.0 Å². The van der Waals surface area contributed by atoms with Crippen LogP contribution in [-0.2, 0) is 4.79 Å². The molecule has 0 aromatic heterocycles. The molecule has 0 unspecified atom stereocenters. The summed E-state index contributed by atoms with van der Waals surface area (Å²) in [6.45, 7) is 0.620. The fourth-order valence-electron chi connectivity index (χ4n) is 3.11. The average molecular weight is 402 g/mol. The molecule has 1 fully saturated rings. The van der Waals surface area contributed by atoms with Gasteiger partial charge in [-0.25, -0.2) is 0 Å². The lowest BCUT2D eigenvalue weighted by atomic mass is 10.1. The number of nitrogens with zero attached hydrogens (tertiary/aromatic N) is 1. The Bertz CT molecular complexity index is 978. The molecule has 8 nitrogen and oxygen atoms in total. The molecule has 144 valence electrons. The first-order chi connectivity index (χ1) is 13.5. The van der Waals surface area contributed by atoms with Crippen molar-refractivity contribution in [3.63, 3.8) is 0 Å². The molecule has 0 atom stereocenters. The number of ether oxygens (including phenoxy) is 2. The van der Waals surface area contributed by atoms with Crippen LogP contribution in [0.2, 0.25) is 5.02 Å². The predicted molar refractivity (Wildman–Crippen MR) is 101 cm³/mol. The van der Waals surface area contributed by atoms with Crippen LogP contribution in [0.1, 0.15) is 33.6 Å². The van der Waals surface area contributed by atoms with Gasteiger partial charge >= 0.3 is 0 Å². The lowest BCUT2D eigenvalue weighted by molar-refractivity contribution is -0.117. The summed E-state index contributed by atoms with van der Waals surface area (Å²) < 4.78 is 10.4. The largest absolute Gasteiger partial charge is 0.454 e. The Hall–Kier alpha value is -3.26. The molecular weight excluding hydrogens is 386 g/mol. The Morgan fingerprint density at radius 1 is 1.00 bits per heavy atom. The van der Waals surface area contributed by atoms with E-state index < -0.39 is 11.8 Å². The number of hydrogen-bond acceptors (Lipinski definition) is 5. The number of fused-ring (bicyclic) bond motifs is 1. The van der Waals surface area contributed by atoms with E-state index in [4.69, 9.17) is 21.1 Å². The van der Waals surface area contributed by atoms with E-state index in [2.05, 4.69) is 10.9 Å². The van der Waals surface area contributed by atoms with Crippen LogP contribution in [0.3, 0.4) is 0 Å². The second-order valence-electron chi connectivity index (χ2n) is 6.29. The van der Waals surface area contributed by atoms with Gasteiger partial charge in [-0.15, -0.1) is 0 Å². The van der Waals surface area contributed by atoms with Gasteiger partial charge in [-0.3, -0.25) is 25.2 Å². The van der Waals surface area contributed by atoms with E-state index in [9.17, 15) is 14.4 Å². The van der Waals surface area contributed by atoms with E-state index in [1.54, 1.807) is 24.3 Å². The van der Waals surface area contributed by atoms with E-state index in [0.29, 0.717) is 47.2 Å². The van der Waals surface area contributed by atoms with Gasteiger partial charge in [0.25, 0.3) is 11.8 Å². The summed E-state index contributed by atoms with van der Waals surface area (Å²) in [4.78, 5) is 38.5. The van der Waals surface area contributed by atoms with Crippen molar-refractivity contribution in [1.82, 2.24) is 10.9 Å². The molecule has 0 spiro atoms. The third kappa shape index (κ3) is 3.46. The van der Waals surface area contributed by atoms with Crippen molar-refractivity contribution < 1.29 is 23.9 Å². The van der Waals surface area contributed by atoms with Gasteiger partial charge in [-0.2, -0.15) is 0 Å². The van der Waals surface area contributed by atoms with Crippen LogP contribution in [0, 0.1) is 0 Å². The third-order valence-electron chi connectivity index (χ3n) is 4.49. The van der Waals surface area contributed by atoms with Crippen molar-refractivity contribution in [3.8, 4) is 11.5 Å². The number of amides is 3. The Morgan fingerprint density at radius 3 is 2.57 bits per heavy atom. The molecule has 2 aromatic rings. The third-order valence-corrected chi connectivity index (χ3v) is 4.73. The van der Waals surface area contributed by atoms with Crippen molar-refractivity contribution in [2.75, 3.05) is 18.2 Å². The summed E-state index contributed by atoms with van der Waals surface area (Å²) in [5.41, 5.74) is 5.70. The minimum Gasteiger partial charge on any atom is -0.454 e. The minimum absolute atomic E-state index is 0.0688. The molecule has 28 heavy (non-hydrogen) atoms. The zero-order chi connectivity index (χ0) is 19.7. The summed E-state index contributed by atoms with van der Waals surface area (Å²) in [7, 11) is 0. The maximum Gasteiger partial charge on any atom is 0.271 e. The first-order valence-electron chi connectivity index (χ1n) is 8.63. The smallest absolute Gasteiger partial charge is 0.271 e. The van der Waals surface area contributed by atoms with E-state index in [1.165, 1.54) is 17.0 Å². The zero-order valence-corrected chi connectivity index (χ0v) is 15.4. The normalized spacial score (nSPS) is 14.9. The molecular formula is C19H16ClN3O5. The molecule has 9 heteroatoms. The summed E-state index contributed by atoms with van der Waals surface area (Å²) >= 11 is 6.04. The molecule has 4 rings (SSSR count). The highest BCUT2D eigenvalue weighted by molar-refractivity contribution is 6.31. The van der Waals surface area contributed by atoms with Crippen molar-refractivity contribution >= 4 is 35.0 Å². The number of carbonyl (C=O) groups excluding carboxylic acids is 3. The fourth-order valence-corrected chi connectivity index (χ4v) is 3.28. The number of hydrogen-bond donors (Lipinski definition) is 2. The van der Waals surface area contributed by atoms with Gasteiger partial charge in [0, 0.05) is 23.6 Å². The van der Waals surface area contributed by atoms with Gasteiger partial charge in [-0.1, -0.05) is 11.6 Å². The minimum atomic E-state index is -0.555. The molecule has 0 bridgehead atoms. The number of halogens is 1. The molecule has 2 aliphatic rings. The van der Waals surface area contributed by atoms with Gasteiger partial charge < -0.3 is 14.4 Å². The molecule has 2 N–H and O–H groups in total. The number of anilines is 1. The van der Waals surface area contributed by atoms with Crippen molar-refractivity contribution in [2.45, 2.75) is 12.8 Å². The molecule has 0 aliphatic carbocycles. The highest BCUT2D eigenvalue weighted by atomic mass is 35.5. The van der Waals surface area contributed by atoms with Gasteiger partial charge in [0.2, 0.25) is 12.7 Å². The first kappa shape index (κ1) is 18.1. The van der Waals surface area contributed by atoms with Crippen LogP contribution < -0.4 is 25.2 Å². The SMILES string of the molecule is O=C(NNC(=O)c1ccc(Cl)cc1N1CCCC1=O)c1ccc2c(c1)OCO2. The molecule has 3 amide bonds. The van der Waals surface area contributed by atoms with Crippen LogP contribution >= 0.6 is 11.6 Å². The van der Waals surface area contributed by atoms with E-state index in [-0.39, 0.29) is 18.3 Å². The quantitative estimate of drug-likeness (QED) is 0.769. The number of nitrogens with one attached hydrogen (secondary N) is 2. The summed E-state index contributed by atoms with van der Waals surface area (Å²) in [5, 5.41) is 0.413. The molecule has 0 radical (unpaired) electrons. The lowest BCUT2D eigenvalue weighted by Crippen LogP contribution is -2.42. The first-order valence-corrected chi connectivity index (χ1v) is 9.01. The van der Waals surface area contributed by atoms with Crippen molar-refractivity contribution in [3.05, 3.63) is 52.5 Å². The standard InChI is InChI=1S/C19H16ClN3O5/c20-12-4-5-13(14(9-12)23-7-1-2-17(23)24)19(26)22-21-18(25)11-3-6-15-16(8-11)28-10-27-15/h3-6,8-9H,1-2,7,10H2,(H,21,25)(H,22,26). The summed E-state index contributed by atoms with van der Waals surface area (Å²) in [5.74, 6) is -0.117. The van der Waals surface area contributed by atoms with Crippen LogP contribution in [-0.4, -0.2) is 31.1 Å². The van der Waals surface area contributed by atoms with Gasteiger partial charge in [-0.05, 0) is 42.8 Å². The van der Waals surface area contributed by atoms with E-state index in [1.807, 2.05) is 0 Å². The Balaban J connectivity index is 1.48. The van der Waals surface area contributed by atoms with E-state index >= 15 is 0 Å². The average Bonchev–Trinajstić information content (AvgIpc) is 3.33. The van der Waals surface area contributed by atoms with Crippen LogP contribution in [0.5, 0.6) is 11.5 Å². The number of carbonyl (C=O) groups is 3. The van der Waals surface area contributed by atoms with Gasteiger partial charge in [0.05, 0.1) is 11.3 Å². The zero-order valence-electron chi connectivity index (χ0n) is 14.7. The van der Waals surface area contributed by atoms with Crippen molar-refractivity contribution in [1.29, 1.82) is 0 Å². The van der Waals surface area contributed by atoms with E-state index in [0.717, 1.165) is 0 Å². The maximum absolute atomic E-state index is 12.6.